The van der Waals surface area contributed by atoms with E-state index in [9.17, 15) is 21.2 Å². The molecule has 6 nitrogen and oxygen atoms in total. The Balaban J connectivity index is 1.56. The van der Waals surface area contributed by atoms with Crippen LogP contribution in [0, 0.1) is 5.82 Å². The van der Waals surface area contributed by atoms with Crippen molar-refractivity contribution in [3.8, 4) is 0 Å². The standard InChI is InChI=1S/C20H25FN2O4S3/c21-16-7-5-15(6-8-16)18(23-9-1-2-10-23)12-22-17-13-29(24,25)14-19(17)30(26,27)20-4-3-11-28-20/h3-8,11,17-19,22H,1-2,9-10,12-14H2/t17-,18?,19-/m0/s1. The average Bonchev–Trinajstić information content (AvgIpc) is 3.44. The number of nitrogens with one attached hydrogen (secondary N) is 1. The lowest BCUT2D eigenvalue weighted by atomic mass is 10.0. The minimum Gasteiger partial charge on any atom is -0.310 e. The van der Waals surface area contributed by atoms with Crippen LogP contribution in [0.3, 0.4) is 0 Å². The van der Waals surface area contributed by atoms with Crippen LogP contribution in [0.25, 0.3) is 0 Å². The van der Waals surface area contributed by atoms with E-state index in [4.69, 9.17) is 0 Å². The molecule has 2 saturated heterocycles. The van der Waals surface area contributed by atoms with Crippen molar-refractivity contribution in [3.63, 3.8) is 0 Å². The lowest BCUT2D eigenvalue weighted by Gasteiger charge is -2.30. The fourth-order valence-corrected chi connectivity index (χ4v) is 10.3. The summed E-state index contributed by atoms with van der Waals surface area (Å²) in [7, 11) is -7.20. The molecule has 0 bridgehead atoms. The van der Waals surface area contributed by atoms with Gasteiger partial charge in [0.2, 0.25) is 0 Å². The summed E-state index contributed by atoms with van der Waals surface area (Å²) in [5.41, 5.74) is 0.935. The van der Waals surface area contributed by atoms with Gasteiger partial charge in [-0.25, -0.2) is 21.2 Å². The molecule has 164 valence electrons. The fraction of sp³-hybridized carbons (Fsp3) is 0.500. The smallest absolute Gasteiger partial charge is 0.193 e. The summed E-state index contributed by atoms with van der Waals surface area (Å²) in [5.74, 6) is -0.871. The third kappa shape index (κ3) is 4.62. The van der Waals surface area contributed by atoms with Crippen LogP contribution in [0.5, 0.6) is 0 Å². The van der Waals surface area contributed by atoms with Crippen molar-refractivity contribution in [2.75, 3.05) is 31.1 Å². The second-order valence-corrected chi connectivity index (χ2v) is 13.4. The highest BCUT2D eigenvalue weighted by Gasteiger charge is 2.46. The Morgan fingerprint density at radius 3 is 2.47 bits per heavy atom. The highest BCUT2D eigenvalue weighted by molar-refractivity contribution is 7.97. The summed E-state index contributed by atoms with van der Waals surface area (Å²) >= 11 is 1.11. The van der Waals surface area contributed by atoms with E-state index in [1.807, 2.05) is 0 Å². The van der Waals surface area contributed by atoms with Gasteiger partial charge in [0.05, 0.1) is 16.8 Å². The number of halogens is 1. The van der Waals surface area contributed by atoms with E-state index in [1.165, 1.54) is 18.2 Å². The van der Waals surface area contributed by atoms with E-state index < -0.39 is 31.0 Å². The number of sulfone groups is 2. The summed E-state index contributed by atoms with van der Waals surface area (Å²) in [6.07, 6.45) is 2.15. The number of likely N-dealkylation sites (tertiary alicyclic amines) is 1. The molecule has 3 atom stereocenters. The number of nitrogens with zero attached hydrogens (tertiary/aromatic N) is 1. The van der Waals surface area contributed by atoms with Gasteiger partial charge in [-0.1, -0.05) is 18.2 Å². The van der Waals surface area contributed by atoms with Gasteiger partial charge in [0.25, 0.3) is 0 Å². The van der Waals surface area contributed by atoms with Crippen LogP contribution >= 0.6 is 11.3 Å². The molecule has 10 heteroatoms. The predicted molar refractivity (Wildman–Crippen MR) is 116 cm³/mol. The third-order valence-corrected chi connectivity index (χ3v) is 11.5. The molecule has 3 heterocycles. The van der Waals surface area contributed by atoms with Crippen LogP contribution in [0.2, 0.25) is 0 Å². The maximum atomic E-state index is 13.4. The Bertz CT molecular complexity index is 1060. The molecule has 0 saturated carbocycles. The Morgan fingerprint density at radius 1 is 1.13 bits per heavy atom. The first-order valence-electron chi connectivity index (χ1n) is 9.97. The Labute approximate surface area is 180 Å². The molecule has 2 aliphatic heterocycles. The molecule has 2 fully saturated rings. The molecular weight excluding hydrogens is 447 g/mol. The first-order chi connectivity index (χ1) is 14.3. The maximum Gasteiger partial charge on any atom is 0.193 e. The minimum absolute atomic E-state index is 0.0681. The van der Waals surface area contributed by atoms with Gasteiger partial charge in [0.1, 0.15) is 10.0 Å². The lowest BCUT2D eigenvalue weighted by molar-refractivity contribution is 0.234. The molecule has 2 aromatic rings. The molecule has 0 amide bonds. The van der Waals surface area contributed by atoms with Crippen molar-refractivity contribution in [3.05, 3.63) is 53.2 Å². The molecule has 4 rings (SSSR count). The third-order valence-electron chi connectivity index (χ3n) is 5.88. The molecule has 1 N–H and O–H groups in total. The molecular formula is C20H25FN2O4S3. The predicted octanol–water partition coefficient (Wildman–Crippen LogP) is 2.25. The zero-order valence-corrected chi connectivity index (χ0v) is 18.9. The van der Waals surface area contributed by atoms with E-state index >= 15 is 0 Å². The molecule has 30 heavy (non-hydrogen) atoms. The molecule has 0 spiro atoms. The minimum atomic E-state index is -3.74. The van der Waals surface area contributed by atoms with Gasteiger partial charge in [-0.15, -0.1) is 11.3 Å². The van der Waals surface area contributed by atoms with Crippen LogP contribution in [0.4, 0.5) is 4.39 Å². The highest BCUT2D eigenvalue weighted by atomic mass is 32.2. The van der Waals surface area contributed by atoms with Crippen LogP contribution in [-0.2, 0) is 19.7 Å². The summed E-state index contributed by atoms with van der Waals surface area (Å²) in [5, 5.41) is 3.93. The Hall–Kier alpha value is -1.33. The molecule has 1 aromatic heterocycles. The first-order valence-corrected chi connectivity index (χ1v) is 14.2. The van der Waals surface area contributed by atoms with Gasteiger partial charge in [0, 0.05) is 18.6 Å². The van der Waals surface area contributed by atoms with Crippen LogP contribution in [-0.4, -0.2) is 64.2 Å². The summed E-state index contributed by atoms with van der Waals surface area (Å²) in [4.78, 5) is 2.28. The molecule has 2 aliphatic rings. The van der Waals surface area contributed by atoms with Gasteiger partial charge in [0.15, 0.2) is 19.7 Å². The largest absolute Gasteiger partial charge is 0.310 e. The van der Waals surface area contributed by atoms with Gasteiger partial charge in [-0.05, 0) is 55.1 Å². The maximum absolute atomic E-state index is 13.4. The van der Waals surface area contributed by atoms with Crippen LogP contribution < -0.4 is 5.32 Å². The van der Waals surface area contributed by atoms with E-state index in [0.717, 1.165) is 42.8 Å². The second kappa shape index (κ2) is 8.66. The summed E-state index contributed by atoms with van der Waals surface area (Å²) in [6.45, 7) is 2.22. The number of hydrogen-bond donors (Lipinski definition) is 1. The lowest BCUT2D eigenvalue weighted by Crippen LogP contribution is -2.46. The second-order valence-electron chi connectivity index (χ2n) is 7.92. The fourth-order valence-electron chi connectivity index (χ4n) is 4.35. The van der Waals surface area contributed by atoms with Gasteiger partial charge in [-0.3, -0.25) is 4.90 Å². The topological polar surface area (TPSA) is 83.6 Å². The quantitative estimate of drug-likeness (QED) is 0.666. The SMILES string of the molecule is O=S1(=O)C[C@H](NCC(c2ccc(F)cc2)N2CCCC2)[C@@H](S(=O)(=O)c2cccs2)C1. The monoisotopic (exact) mass is 472 g/mol. The van der Waals surface area contributed by atoms with Gasteiger partial charge in [-0.2, -0.15) is 0 Å². The molecule has 1 aromatic carbocycles. The first kappa shape index (κ1) is 21.9. The zero-order chi connectivity index (χ0) is 21.4. The normalized spacial score (nSPS) is 25.5. The van der Waals surface area contributed by atoms with Crippen molar-refractivity contribution < 1.29 is 21.2 Å². The zero-order valence-electron chi connectivity index (χ0n) is 16.4. The van der Waals surface area contributed by atoms with Crippen molar-refractivity contribution in [2.24, 2.45) is 0 Å². The van der Waals surface area contributed by atoms with Crippen molar-refractivity contribution in [2.45, 2.75) is 34.4 Å². The van der Waals surface area contributed by atoms with Crippen LogP contribution in [0.15, 0.2) is 46.0 Å². The molecule has 1 unspecified atom stereocenters. The Kier molecular flexibility index (Phi) is 6.32. The van der Waals surface area contributed by atoms with Crippen molar-refractivity contribution in [1.29, 1.82) is 0 Å². The van der Waals surface area contributed by atoms with Crippen LogP contribution in [0.1, 0.15) is 24.4 Å². The van der Waals surface area contributed by atoms with Crippen molar-refractivity contribution >= 4 is 31.0 Å². The molecule has 0 aliphatic carbocycles. The Morgan fingerprint density at radius 2 is 1.83 bits per heavy atom. The highest BCUT2D eigenvalue weighted by Crippen LogP contribution is 2.30. The summed E-state index contributed by atoms with van der Waals surface area (Å²) < 4.78 is 64.4. The van der Waals surface area contributed by atoms with Gasteiger partial charge < -0.3 is 5.32 Å². The molecule has 0 radical (unpaired) electrons. The van der Waals surface area contributed by atoms with Gasteiger partial charge >= 0.3 is 0 Å². The van der Waals surface area contributed by atoms with Crippen molar-refractivity contribution in [1.82, 2.24) is 10.2 Å². The van der Waals surface area contributed by atoms with E-state index in [1.54, 1.807) is 23.6 Å². The van der Waals surface area contributed by atoms with E-state index in [2.05, 4.69) is 10.2 Å². The van der Waals surface area contributed by atoms with E-state index in [0.29, 0.717) is 6.54 Å². The number of rotatable bonds is 7. The summed E-state index contributed by atoms with van der Waals surface area (Å²) in [6, 6.07) is 8.75. The number of benzene rings is 1. The average molecular weight is 473 g/mol. The van der Waals surface area contributed by atoms with E-state index in [-0.39, 0.29) is 27.6 Å². The number of thiophene rings is 1. The number of hydrogen-bond acceptors (Lipinski definition) is 7.